The van der Waals surface area contributed by atoms with Gasteiger partial charge in [-0.1, -0.05) is 83.9 Å². The number of nitrogens with zero attached hydrogens (tertiary/aromatic N) is 3. The van der Waals surface area contributed by atoms with Gasteiger partial charge in [-0.2, -0.15) is 0 Å². The molecule has 0 amide bonds. The molecule has 0 fully saturated rings. The highest BCUT2D eigenvalue weighted by molar-refractivity contribution is 6.09. The Morgan fingerprint density at radius 2 is 1.30 bits per heavy atom. The predicted molar refractivity (Wildman–Crippen MR) is 124 cm³/mol. The lowest BCUT2D eigenvalue weighted by molar-refractivity contribution is 0.953. The second-order valence-electron chi connectivity index (χ2n) is 7.81. The van der Waals surface area contributed by atoms with E-state index in [1.165, 1.54) is 27.8 Å². The van der Waals surface area contributed by atoms with Crippen LogP contribution in [0, 0.1) is 13.8 Å². The van der Waals surface area contributed by atoms with Crippen molar-refractivity contribution in [1.82, 2.24) is 14.5 Å². The number of aryl methyl sites for hydroxylation is 3. The smallest absolute Gasteiger partial charge is 0.144 e. The molecule has 0 saturated heterocycles. The Bertz CT molecular complexity index is 1360. The van der Waals surface area contributed by atoms with Gasteiger partial charge in [0.25, 0.3) is 0 Å². The van der Waals surface area contributed by atoms with Crippen LogP contribution >= 0.6 is 0 Å². The first-order chi connectivity index (χ1) is 14.6. The highest BCUT2D eigenvalue weighted by Gasteiger charge is 2.23. The van der Waals surface area contributed by atoms with Gasteiger partial charge in [0.1, 0.15) is 12.0 Å². The van der Waals surface area contributed by atoms with Gasteiger partial charge < -0.3 is 4.57 Å². The third kappa shape index (κ3) is 3.00. The van der Waals surface area contributed by atoms with E-state index in [2.05, 4.69) is 104 Å². The first kappa shape index (κ1) is 18.3. The lowest BCUT2D eigenvalue weighted by Gasteiger charge is -2.10. The monoisotopic (exact) mass is 389 g/mol. The van der Waals surface area contributed by atoms with Crippen molar-refractivity contribution < 1.29 is 0 Å². The van der Waals surface area contributed by atoms with Crippen LogP contribution in [0.4, 0.5) is 0 Å². The van der Waals surface area contributed by atoms with Crippen LogP contribution < -0.4 is 0 Å². The van der Waals surface area contributed by atoms with E-state index in [1.54, 1.807) is 6.33 Å². The van der Waals surface area contributed by atoms with Crippen molar-refractivity contribution in [3.63, 3.8) is 0 Å². The van der Waals surface area contributed by atoms with Crippen LogP contribution in [0.5, 0.6) is 0 Å². The van der Waals surface area contributed by atoms with Crippen LogP contribution in [0.1, 0.15) is 11.1 Å². The third-order valence-electron chi connectivity index (χ3n) is 5.61. The van der Waals surface area contributed by atoms with E-state index in [0.717, 1.165) is 28.0 Å². The summed E-state index contributed by atoms with van der Waals surface area (Å²) in [5, 5.41) is 1.09. The number of aromatic nitrogens is 3. The van der Waals surface area contributed by atoms with Crippen LogP contribution in [0.25, 0.3) is 44.7 Å². The molecule has 146 valence electrons. The zero-order valence-electron chi connectivity index (χ0n) is 17.4. The maximum atomic E-state index is 4.75. The van der Waals surface area contributed by atoms with E-state index in [-0.39, 0.29) is 0 Å². The Hall–Kier alpha value is -3.72. The Balaban J connectivity index is 1.95. The van der Waals surface area contributed by atoms with Gasteiger partial charge in [-0.05, 0) is 31.0 Å². The SMILES string of the molecule is Cc1cccc(-c2ncnc3c2c(-c2cccc(C)c2)c(-c2ccccc2)n3C)c1. The van der Waals surface area contributed by atoms with Gasteiger partial charge in [0, 0.05) is 18.2 Å². The molecule has 3 aromatic carbocycles. The maximum absolute atomic E-state index is 4.75. The average molecular weight is 390 g/mol. The van der Waals surface area contributed by atoms with Crippen molar-refractivity contribution in [3.8, 4) is 33.6 Å². The van der Waals surface area contributed by atoms with Gasteiger partial charge in [-0.15, -0.1) is 0 Å². The minimum atomic E-state index is 0.942. The summed E-state index contributed by atoms with van der Waals surface area (Å²) in [6.07, 6.45) is 1.68. The number of benzene rings is 3. The van der Waals surface area contributed by atoms with Crippen molar-refractivity contribution in [1.29, 1.82) is 0 Å². The van der Waals surface area contributed by atoms with Crippen molar-refractivity contribution in [3.05, 3.63) is 96.3 Å². The molecule has 5 aromatic rings. The Morgan fingerprint density at radius 1 is 0.667 bits per heavy atom. The molecule has 2 heterocycles. The van der Waals surface area contributed by atoms with Gasteiger partial charge in [0.15, 0.2) is 0 Å². The number of hydrogen-bond donors (Lipinski definition) is 0. The van der Waals surface area contributed by atoms with Crippen LogP contribution in [0.3, 0.4) is 0 Å². The van der Waals surface area contributed by atoms with E-state index in [9.17, 15) is 0 Å². The summed E-state index contributed by atoms with van der Waals surface area (Å²) in [7, 11) is 2.09. The first-order valence-corrected chi connectivity index (χ1v) is 10.2. The molecule has 0 saturated carbocycles. The highest BCUT2D eigenvalue weighted by atomic mass is 15.0. The van der Waals surface area contributed by atoms with Crippen LogP contribution in [0.2, 0.25) is 0 Å². The van der Waals surface area contributed by atoms with E-state index in [0.29, 0.717) is 0 Å². The van der Waals surface area contributed by atoms with Gasteiger partial charge in [-0.25, -0.2) is 9.97 Å². The predicted octanol–water partition coefficient (Wildman–Crippen LogP) is 6.59. The van der Waals surface area contributed by atoms with E-state index in [1.807, 2.05) is 0 Å². The standard InChI is InChI=1S/C27H23N3/c1-18-9-7-13-21(15-18)23-24-25(22-14-8-10-19(2)16-22)28-17-29-27(24)30(3)26(23)20-11-5-4-6-12-20/h4-17H,1-3H3. The summed E-state index contributed by atoms with van der Waals surface area (Å²) < 4.78 is 2.20. The molecular formula is C27H23N3. The molecular weight excluding hydrogens is 366 g/mol. The summed E-state index contributed by atoms with van der Waals surface area (Å²) in [4.78, 5) is 9.45. The fourth-order valence-corrected chi connectivity index (χ4v) is 4.28. The molecule has 0 atom stereocenters. The highest BCUT2D eigenvalue weighted by Crippen LogP contribution is 2.43. The topological polar surface area (TPSA) is 30.7 Å². The van der Waals surface area contributed by atoms with Gasteiger partial charge in [0.05, 0.1) is 16.8 Å². The molecule has 0 aliphatic heterocycles. The summed E-state index contributed by atoms with van der Waals surface area (Å²) in [5.74, 6) is 0. The molecule has 2 aromatic heterocycles. The molecule has 0 aliphatic carbocycles. The molecule has 3 nitrogen and oxygen atoms in total. The van der Waals surface area contributed by atoms with Gasteiger partial charge in [-0.3, -0.25) is 0 Å². The zero-order valence-corrected chi connectivity index (χ0v) is 17.4. The number of rotatable bonds is 3. The molecule has 30 heavy (non-hydrogen) atoms. The van der Waals surface area contributed by atoms with Gasteiger partial charge in [0.2, 0.25) is 0 Å². The van der Waals surface area contributed by atoms with E-state index in [4.69, 9.17) is 9.97 Å². The Morgan fingerprint density at radius 3 is 2.00 bits per heavy atom. The normalized spacial score (nSPS) is 11.2. The fraction of sp³-hybridized carbons (Fsp3) is 0.111. The molecule has 0 unspecified atom stereocenters. The van der Waals surface area contributed by atoms with Crippen molar-refractivity contribution in [2.75, 3.05) is 0 Å². The average Bonchev–Trinajstić information content (AvgIpc) is 3.07. The molecule has 0 N–H and O–H groups in total. The second-order valence-corrected chi connectivity index (χ2v) is 7.81. The molecule has 0 aliphatic rings. The zero-order chi connectivity index (χ0) is 20.7. The number of fused-ring (bicyclic) bond motifs is 1. The molecule has 3 heteroatoms. The summed E-state index contributed by atoms with van der Waals surface area (Å²) in [6.45, 7) is 4.25. The van der Waals surface area contributed by atoms with Gasteiger partial charge >= 0.3 is 0 Å². The summed E-state index contributed by atoms with van der Waals surface area (Å²) in [5.41, 5.74) is 10.2. The van der Waals surface area contributed by atoms with Crippen LogP contribution in [-0.2, 0) is 7.05 Å². The van der Waals surface area contributed by atoms with E-state index >= 15 is 0 Å². The van der Waals surface area contributed by atoms with Crippen molar-refractivity contribution >= 4 is 11.0 Å². The van der Waals surface area contributed by atoms with Crippen molar-refractivity contribution in [2.45, 2.75) is 13.8 Å². The minimum absolute atomic E-state index is 0.942. The quantitative estimate of drug-likeness (QED) is 0.349. The Labute approximate surface area is 176 Å². The molecule has 0 radical (unpaired) electrons. The molecule has 5 rings (SSSR count). The maximum Gasteiger partial charge on any atom is 0.144 e. The Kier molecular flexibility index (Phi) is 4.44. The minimum Gasteiger partial charge on any atom is -0.328 e. The summed E-state index contributed by atoms with van der Waals surface area (Å²) in [6, 6.07) is 27.7. The van der Waals surface area contributed by atoms with Crippen LogP contribution in [0.15, 0.2) is 85.2 Å². The largest absolute Gasteiger partial charge is 0.328 e. The number of hydrogen-bond acceptors (Lipinski definition) is 2. The second kappa shape index (κ2) is 7.27. The summed E-state index contributed by atoms with van der Waals surface area (Å²) >= 11 is 0. The lowest BCUT2D eigenvalue weighted by atomic mass is 9.95. The molecule has 0 spiro atoms. The molecule has 0 bridgehead atoms. The van der Waals surface area contributed by atoms with Crippen LogP contribution in [-0.4, -0.2) is 14.5 Å². The third-order valence-corrected chi connectivity index (χ3v) is 5.61. The lowest BCUT2D eigenvalue weighted by Crippen LogP contribution is -1.94. The fourth-order valence-electron chi connectivity index (χ4n) is 4.28. The van der Waals surface area contributed by atoms with E-state index < -0.39 is 0 Å². The van der Waals surface area contributed by atoms with Crippen molar-refractivity contribution in [2.24, 2.45) is 7.05 Å². The first-order valence-electron chi connectivity index (χ1n) is 10.2.